The van der Waals surface area contributed by atoms with Gasteiger partial charge in [-0.3, -0.25) is 10.2 Å². The lowest BCUT2D eigenvalue weighted by molar-refractivity contribution is -0.149. The predicted octanol–water partition coefficient (Wildman–Crippen LogP) is 3.17. The van der Waals surface area contributed by atoms with Gasteiger partial charge < -0.3 is 25.0 Å². The van der Waals surface area contributed by atoms with E-state index in [1.165, 1.54) is 11.1 Å². The first kappa shape index (κ1) is 26.5. The van der Waals surface area contributed by atoms with E-state index in [-0.39, 0.29) is 19.0 Å². The Morgan fingerprint density at radius 2 is 1.82 bits per heavy atom. The minimum Gasteiger partial charge on any atom is -0.479 e. The Hall–Kier alpha value is -4.57. The largest absolute Gasteiger partial charge is 0.479 e. The molecule has 38 heavy (non-hydrogen) atoms. The normalized spacial score (nSPS) is 11.8. The Balaban J connectivity index is 1.58. The lowest BCUT2D eigenvalue weighted by Gasteiger charge is -2.26. The molecule has 0 aliphatic rings. The van der Waals surface area contributed by atoms with Crippen LogP contribution in [0.2, 0.25) is 0 Å². The van der Waals surface area contributed by atoms with Gasteiger partial charge in [-0.15, -0.1) is 0 Å². The number of imidazole rings is 1. The minimum atomic E-state index is -1.17. The molecule has 0 saturated carbocycles. The first-order valence-corrected chi connectivity index (χ1v) is 12.2. The Labute approximate surface area is 220 Å². The Morgan fingerprint density at radius 3 is 2.45 bits per heavy atom. The zero-order chi connectivity index (χ0) is 27.2. The molecule has 0 saturated heterocycles. The van der Waals surface area contributed by atoms with Gasteiger partial charge in [0, 0.05) is 37.5 Å². The number of aliphatic carboxylic acids is 1. The van der Waals surface area contributed by atoms with Gasteiger partial charge in [0.2, 0.25) is 0 Å². The number of hydrogen-bond donors (Lipinski definition) is 3. The number of rotatable bonds is 11. The van der Waals surface area contributed by atoms with Crippen molar-refractivity contribution in [1.29, 1.82) is 5.41 Å². The van der Waals surface area contributed by atoms with Gasteiger partial charge in [-0.2, -0.15) is 0 Å². The number of ether oxygens (including phenoxy) is 1. The molecule has 4 rings (SSSR count). The number of nitrogens with two attached hydrogens (primary N) is 1. The number of amidine groups is 1. The van der Waals surface area contributed by atoms with Crippen molar-refractivity contribution in [2.24, 2.45) is 12.8 Å². The van der Waals surface area contributed by atoms with E-state index < -0.39 is 18.0 Å². The molecular formula is C28H30N6O4. The summed E-state index contributed by atoms with van der Waals surface area (Å²) >= 11 is 0. The monoisotopic (exact) mass is 514 g/mol. The highest BCUT2D eigenvalue weighted by molar-refractivity contribution is 6.07. The Kier molecular flexibility index (Phi) is 8.12. The number of amides is 1. The van der Waals surface area contributed by atoms with Crippen LogP contribution in [0.25, 0.3) is 11.2 Å². The van der Waals surface area contributed by atoms with Crippen LogP contribution < -0.4 is 10.6 Å². The fraction of sp³-hybridized carbons (Fsp3) is 0.250. The zero-order valence-corrected chi connectivity index (χ0v) is 21.3. The first-order valence-electron chi connectivity index (χ1n) is 12.2. The van der Waals surface area contributed by atoms with Crippen LogP contribution in [0.5, 0.6) is 0 Å². The molecule has 10 nitrogen and oxygen atoms in total. The van der Waals surface area contributed by atoms with Gasteiger partial charge >= 0.3 is 5.97 Å². The average Bonchev–Trinajstić information content (AvgIpc) is 3.24. The van der Waals surface area contributed by atoms with Crippen molar-refractivity contribution in [2.75, 3.05) is 18.1 Å². The van der Waals surface area contributed by atoms with Crippen LogP contribution >= 0.6 is 0 Å². The van der Waals surface area contributed by atoms with E-state index in [0.717, 1.165) is 17.8 Å². The first-order chi connectivity index (χ1) is 18.3. The third kappa shape index (κ3) is 5.87. The standard InChI is InChI=1S/C28H30N6O4/c1-3-38-23(28(36)37)17-34(21-7-5-4-6-8-21)27(35)20-15-22-26(31-16-20)33(2)24(32-22)14-11-18-9-12-19(13-10-18)25(29)30/h4-10,12-13,15-16,23H,3,11,14,17H2,1-2H3,(H3,29,30)(H,36,37). The molecule has 0 spiro atoms. The number of pyridine rings is 1. The number of carbonyl (C=O) groups excluding carboxylic acids is 1. The maximum atomic E-state index is 13.6. The maximum absolute atomic E-state index is 13.6. The second kappa shape index (κ2) is 11.7. The molecular weight excluding hydrogens is 484 g/mol. The average molecular weight is 515 g/mol. The molecule has 1 amide bonds. The van der Waals surface area contributed by atoms with Crippen molar-refractivity contribution in [3.63, 3.8) is 0 Å². The number of carboxylic acid groups (broad SMARTS) is 1. The number of nitrogens with one attached hydrogen (secondary N) is 1. The van der Waals surface area contributed by atoms with Crippen molar-refractivity contribution in [1.82, 2.24) is 14.5 Å². The second-order valence-electron chi connectivity index (χ2n) is 8.80. The fourth-order valence-corrected chi connectivity index (χ4v) is 4.21. The molecule has 0 radical (unpaired) electrons. The molecule has 2 aromatic heterocycles. The van der Waals surface area contributed by atoms with Crippen LogP contribution in [-0.2, 0) is 29.4 Å². The van der Waals surface area contributed by atoms with Crippen LogP contribution in [0.4, 0.5) is 5.69 Å². The smallest absolute Gasteiger partial charge is 0.334 e. The van der Waals surface area contributed by atoms with E-state index in [0.29, 0.717) is 34.4 Å². The summed E-state index contributed by atoms with van der Waals surface area (Å²) in [4.78, 5) is 36.0. The summed E-state index contributed by atoms with van der Waals surface area (Å²) < 4.78 is 7.27. The number of aromatic nitrogens is 3. The number of para-hydroxylation sites is 1. The van der Waals surface area contributed by atoms with Crippen molar-refractivity contribution in [3.05, 3.63) is 89.4 Å². The van der Waals surface area contributed by atoms with Crippen LogP contribution in [0.1, 0.15) is 34.2 Å². The van der Waals surface area contributed by atoms with Crippen LogP contribution in [0.15, 0.2) is 66.9 Å². The van der Waals surface area contributed by atoms with Crippen LogP contribution in [0.3, 0.4) is 0 Å². The summed E-state index contributed by atoms with van der Waals surface area (Å²) in [5, 5.41) is 17.1. The van der Waals surface area contributed by atoms with Crippen molar-refractivity contribution < 1.29 is 19.4 Å². The van der Waals surface area contributed by atoms with Gasteiger partial charge in [0.25, 0.3) is 5.91 Å². The van der Waals surface area contributed by atoms with E-state index >= 15 is 0 Å². The number of anilines is 1. The third-order valence-electron chi connectivity index (χ3n) is 6.26. The number of fused-ring (bicyclic) bond motifs is 1. The highest BCUT2D eigenvalue weighted by Crippen LogP contribution is 2.21. The van der Waals surface area contributed by atoms with E-state index in [9.17, 15) is 14.7 Å². The summed E-state index contributed by atoms with van der Waals surface area (Å²) in [6.07, 6.45) is 1.70. The Bertz CT molecular complexity index is 1450. The molecule has 10 heteroatoms. The van der Waals surface area contributed by atoms with Crippen LogP contribution in [0, 0.1) is 5.41 Å². The SMILES string of the molecule is CCOC(CN(C(=O)c1cnc2c(c1)nc(CCc1ccc(C(=N)N)cc1)n2C)c1ccccc1)C(=O)O. The summed E-state index contributed by atoms with van der Waals surface area (Å²) in [6, 6.07) is 18.1. The minimum absolute atomic E-state index is 0.0329. The Morgan fingerprint density at radius 1 is 1.11 bits per heavy atom. The maximum Gasteiger partial charge on any atom is 0.334 e. The molecule has 196 valence electrons. The van der Waals surface area contributed by atoms with Gasteiger partial charge in [0.1, 0.15) is 17.2 Å². The number of carbonyl (C=O) groups is 2. The van der Waals surface area contributed by atoms with Gasteiger partial charge in [-0.1, -0.05) is 42.5 Å². The number of benzene rings is 2. The highest BCUT2D eigenvalue weighted by Gasteiger charge is 2.27. The van der Waals surface area contributed by atoms with Crippen molar-refractivity contribution in [2.45, 2.75) is 25.9 Å². The highest BCUT2D eigenvalue weighted by atomic mass is 16.5. The van der Waals surface area contributed by atoms with Gasteiger partial charge in [-0.25, -0.2) is 14.8 Å². The fourth-order valence-electron chi connectivity index (χ4n) is 4.21. The molecule has 4 N–H and O–H groups in total. The molecule has 0 fully saturated rings. The third-order valence-corrected chi connectivity index (χ3v) is 6.26. The summed E-state index contributed by atoms with van der Waals surface area (Å²) in [5.41, 5.74) is 9.38. The summed E-state index contributed by atoms with van der Waals surface area (Å²) in [6.45, 7) is 1.76. The predicted molar refractivity (Wildman–Crippen MR) is 145 cm³/mol. The molecule has 0 aliphatic carbocycles. The number of hydrogen-bond acceptors (Lipinski definition) is 6. The lowest BCUT2D eigenvalue weighted by Crippen LogP contribution is -2.42. The van der Waals surface area contributed by atoms with E-state index in [1.54, 1.807) is 37.3 Å². The van der Waals surface area contributed by atoms with E-state index in [4.69, 9.17) is 20.9 Å². The molecule has 0 aliphatic heterocycles. The van der Waals surface area contributed by atoms with E-state index in [2.05, 4.69) is 4.98 Å². The quantitative estimate of drug-likeness (QED) is 0.206. The molecule has 1 atom stereocenters. The van der Waals surface area contributed by atoms with Crippen LogP contribution in [-0.4, -0.2) is 56.6 Å². The number of nitrogen functional groups attached to an aromatic ring is 1. The molecule has 2 aromatic carbocycles. The molecule has 0 bridgehead atoms. The zero-order valence-electron chi connectivity index (χ0n) is 21.3. The van der Waals surface area contributed by atoms with Crippen molar-refractivity contribution in [3.8, 4) is 0 Å². The summed E-state index contributed by atoms with van der Waals surface area (Å²) in [7, 11) is 1.88. The van der Waals surface area contributed by atoms with E-state index in [1.807, 2.05) is 41.9 Å². The number of carboxylic acids is 1. The molecule has 2 heterocycles. The topological polar surface area (TPSA) is 147 Å². The second-order valence-corrected chi connectivity index (χ2v) is 8.80. The molecule has 1 unspecified atom stereocenters. The lowest BCUT2D eigenvalue weighted by atomic mass is 10.1. The van der Waals surface area contributed by atoms with Crippen molar-refractivity contribution >= 4 is 34.6 Å². The van der Waals surface area contributed by atoms with Gasteiger partial charge in [0.15, 0.2) is 11.8 Å². The number of aryl methyl sites for hydroxylation is 3. The van der Waals surface area contributed by atoms with Gasteiger partial charge in [0.05, 0.1) is 12.1 Å². The molecule has 4 aromatic rings. The van der Waals surface area contributed by atoms with Gasteiger partial charge in [-0.05, 0) is 37.1 Å². The summed E-state index contributed by atoms with van der Waals surface area (Å²) in [5.74, 6) is -0.686. The number of nitrogens with zero attached hydrogens (tertiary/aromatic N) is 4.